The van der Waals surface area contributed by atoms with Gasteiger partial charge in [0.2, 0.25) is 0 Å². The number of halogens is 1. The van der Waals surface area contributed by atoms with Crippen LogP contribution in [0.3, 0.4) is 0 Å². The minimum Gasteiger partial charge on any atom is -0.310 e. The van der Waals surface area contributed by atoms with Gasteiger partial charge in [0.1, 0.15) is 4.83 Å². The van der Waals surface area contributed by atoms with Crippen LogP contribution in [0.4, 0.5) is 0 Å². The number of hydrogen-bond donors (Lipinski definition) is 1. The van der Waals surface area contributed by atoms with Crippen molar-refractivity contribution in [2.75, 3.05) is 0 Å². The van der Waals surface area contributed by atoms with Crippen molar-refractivity contribution in [1.29, 1.82) is 0 Å². The van der Waals surface area contributed by atoms with Crippen molar-refractivity contribution in [3.63, 3.8) is 0 Å². The lowest BCUT2D eigenvalue weighted by atomic mass is 9.93. The molecule has 0 fully saturated rings. The average Bonchev–Trinajstić information content (AvgIpc) is 3.13. The number of aromatic nitrogens is 3. The van der Waals surface area contributed by atoms with E-state index >= 15 is 0 Å². The van der Waals surface area contributed by atoms with E-state index in [1.807, 2.05) is 36.4 Å². The van der Waals surface area contributed by atoms with Gasteiger partial charge in [0, 0.05) is 28.7 Å². The third kappa shape index (κ3) is 3.90. The SMILES string of the molecule is O=c1c2c3c(sc2ncn1Cc1ccccn1)C[C@H](NCc1cccc(Cl)c1)CC3. The zero-order chi connectivity index (χ0) is 20.5. The fourth-order valence-corrected chi connectivity index (χ4v) is 5.53. The smallest absolute Gasteiger partial charge is 0.262 e. The zero-order valence-corrected chi connectivity index (χ0v) is 17.9. The van der Waals surface area contributed by atoms with Crippen LogP contribution < -0.4 is 10.9 Å². The van der Waals surface area contributed by atoms with Gasteiger partial charge in [0.15, 0.2) is 0 Å². The van der Waals surface area contributed by atoms with Crippen LogP contribution in [0.15, 0.2) is 59.8 Å². The number of rotatable bonds is 5. The second-order valence-corrected chi connectivity index (χ2v) is 9.15. The average molecular weight is 437 g/mol. The molecule has 0 spiro atoms. The predicted octanol–water partition coefficient (Wildman–Crippen LogP) is 4.20. The molecule has 5 nitrogen and oxygen atoms in total. The summed E-state index contributed by atoms with van der Waals surface area (Å²) in [5.74, 6) is 0. The molecule has 0 bridgehead atoms. The molecule has 0 amide bonds. The summed E-state index contributed by atoms with van der Waals surface area (Å²) in [5, 5.41) is 5.20. The Morgan fingerprint density at radius 3 is 2.97 bits per heavy atom. The molecule has 1 aromatic carbocycles. The summed E-state index contributed by atoms with van der Waals surface area (Å²) in [7, 11) is 0. The van der Waals surface area contributed by atoms with Crippen LogP contribution in [0, 0.1) is 0 Å². The Morgan fingerprint density at radius 2 is 2.13 bits per heavy atom. The monoisotopic (exact) mass is 436 g/mol. The van der Waals surface area contributed by atoms with Crippen molar-refractivity contribution in [1.82, 2.24) is 19.9 Å². The van der Waals surface area contributed by atoms with Gasteiger partial charge in [-0.2, -0.15) is 0 Å². The van der Waals surface area contributed by atoms with Gasteiger partial charge in [0.25, 0.3) is 5.56 Å². The highest BCUT2D eigenvalue weighted by atomic mass is 35.5. The van der Waals surface area contributed by atoms with Gasteiger partial charge < -0.3 is 5.32 Å². The van der Waals surface area contributed by atoms with Gasteiger partial charge in [-0.1, -0.05) is 29.8 Å². The van der Waals surface area contributed by atoms with Gasteiger partial charge >= 0.3 is 0 Å². The lowest BCUT2D eigenvalue weighted by molar-refractivity contribution is 0.462. The molecule has 4 aromatic rings. The van der Waals surface area contributed by atoms with E-state index in [9.17, 15) is 4.79 Å². The number of pyridine rings is 1. The van der Waals surface area contributed by atoms with E-state index < -0.39 is 0 Å². The number of hydrogen-bond acceptors (Lipinski definition) is 5. The molecule has 1 N–H and O–H groups in total. The Labute approximate surface area is 183 Å². The van der Waals surface area contributed by atoms with Crippen molar-refractivity contribution in [2.24, 2.45) is 0 Å². The number of benzene rings is 1. The van der Waals surface area contributed by atoms with E-state index in [4.69, 9.17) is 11.6 Å². The molecule has 152 valence electrons. The number of thiophene rings is 1. The molecule has 0 unspecified atom stereocenters. The first-order chi connectivity index (χ1) is 14.7. The predicted molar refractivity (Wildman–Crippen MR) is 121 cm³/mol. The molecule has 0 saturated carbocycles. The Balaban J connectivity index is 1.36. The van der Waals surface area contributed by atoms with E-state index in [1.165, 1.54) is 16.0 Å². The normalized spacial score (nSPS) is 16.0. The largest absolute Gasteiger partial charge is 0.310 e. The van der Waals surface area contributed by atoms with E-state index in [2.05, 4.69) is 21.4 Å². The molecule has 1 aliphatic carbocycles. The molecule has 30 heavy (non-hydrogen) atoms. The molecular weight excluding hydrogens is 416 g/mol. The summed E-state index contributed by atoms with van der Waals surface area (Å²) in [6.45, 7) is 1.23. The van der Waals surface area contributed by atoms with E-state index in [1.54, 1.807) is 28.4 Å². The summed E-state index contributed by atoms with van der Waals surface area (Å²) in [6.07, 6.45) is 6.23. The van der Waals surface area contributed by atoms with Crippen molar-refractivity contribution in [3.8, 4) is 0 Å². The Bertz CT molecular complexity index is 1250. The van der Waals surface area contributed by atoms with Gasteiger partial charge in [-0.3, -0.25) is 14.3 Å². The second-order valence-electron chi connectivity index (χ2n) is 7.63. The minimum absolute atomic E-state index is 0.0356. The molecule has 3 aromatic heterocycles. The quantitative estimate of drug-likeness (QED) is 0.509. The molecule has 0 saturated heterocycles. The highest BCUT2D eigenvalue weighted by Crippen LogP contribution is 2.33. The van der Waals surface area contributed by atoms with Crippen molar-refractivity contribution < 1.29 is 0 Å². The van der Waals surface area contributed by atoms with Crippen molar-refractivity contribution >= 4 is 33.2 Å². The number of nitrogens with zero attached hydrogens (tertiary/aromatic N) is 3. The highest BCUT2D eigenvalue weighted by molar-refractivity contribution is 7.18. The summed E-state index contributed by atoms with van der Waals surface area (Å²) in [5.41, 5.74) is 3.26. The molecule has 0 aliphatic heterocycles. The third-order valence-electron chi connectivity index (χ3n) is 5.58. The molecule has 1 atom stereocenters. The third-order valence-corrected chi connectivity index (χ3v) is 6.98. The summed E-state index contributed by atoms with van der Waals surface area (Å²) in [4.78, 5) is 24.2. The maximum absolute atomic E-state index is 13.2. The number of aryl methyl sites for hydroxylation is 1. The first-order valence-corrected chi connectivity index (χ1v) is 11.2. The molecule has 1 aliphatic rings. The lowest BCUT2D eigenvalue weighted by Crippen LogP contribution is -2.33. The molecular formula is C23H21ClN4OS. The van der Waals surface area contributed by atoms with Crippen LogP contribution in [-0.2, 0) is 25.9 Å². The van der Waals surface area contributed by atoms with Crippen LogP contribution in [0.25, 0.3) is 10.2 Å². The van der Waals surface area contributed by atoms with Crippen LogP contribution in [0.1, 0.15) is 28.1 Å². The summed E-state index contributed by atoms with van der Waals surface area (Å²) in [6, 6.07) is 14.1. The van der Waals surface area contributed by atoms with E-state index in [0.29, 0.717) is 12.6 Å². The lowest BCUT2D eigenvalue weighted by Gasteiger charge is -2.23. The fraction of sp³-hybridized carbons (Fsp3) is 0.261. The highest BCUT2D eigenvalue weighted by Gasteiger charge is 2.25. The van der Waals surface area contributed by atoms with E-state index in [0.717, 1.165) is 46.7 Å². The topological polar surface area (TPSA) is 59.8 Å². The number of nitrogens with one attached hydrogen (secondary N) is 1. The van der Waals surface area contributed by atoms with E-state index in [-0.39, 0.29) is 5.56 Å². The second kappa shape index (κ2) is 8.30. The van der Waals surface area contributed by atoms with Gasteiger partial charge in [-0.25, -0.2) is 4.98 Å². The first kappa shape index (κ1) is 19.4. The van der Waals surface area contributed by atoms with Crippen LogP contribution in [-0.4, -0.2) is 20.6 Å². The molecule has 7 heteroatoms. The summed E-state index contributed by atoms with van der Waals surface area (Å²) < 4.78 is 1.67. The van der Waals surface area contributed by atoms with Crippen molar-refractivity contribution in [2.45, 2.75) is 38.4 Å². The maximum atomic E-state index is 13.2. The molecule has 3 heterocycles. The maximum Gasteiger partial charge on any atom is 0.262 e. The molecule has 0 radical (unpaired) electrons. The van der Waals surface area contributed by atoms with Gasteiger partial charge in [-0.15, -0.1) is 11.3 Å². The Hall–Kier alpha value is -2.54. The van der Waals surface area contributed by atoms with Crippen molar-refractivity contribution in [3.05, 3.63) is 92.1 Å². The summed E-state index contributed by atoms with van der Waals surface area (Å²) >= 11 is 7.74. The Morgan fingerprint density at radius 1 is 1.20 bits per heavy atom. The van der Waals surface area contributed by atoms with Gasteiger partial charge in [0.05, 0.1) is 24.0 Å². The Kier molecular flexibility index (Phi) is 5.37. The first-order valence-electron chi connectivity index (χ1n) is 10.0. The minimum atomic E-state index is 0.0356. The standard InChI is InChI=1S/C23H21ClN4OS/c24-16-5-3-4-15(10-16)12-26-17-7-8-19-20(11-17)30-22-21(19)23(29)28(14-27-22)13-18-6-1-2-9-25-18/h1-6,9-10,14,17,26H,7-8,11-13H2/t17-/m1/s1. The van der Waals surface area contributed by atoms with Crippen LogP contribution >= 0.6 is 22.9 Å². The molecule has 5 rings (SSSR count). The zero-order valence-electron chi connectivity index (χ0n) is 16.3. The number of fused-ring (bicyclic) bond motifs is 3. The van der Waals surface area contributed by atoms with Crippen LogP contribution in [0.5, 0.6) is 0 Å². The van der Waals surface area contributed by atoms with Gasteiger partial charge in [-0.05, 0) is 54.7 Å². The van der Waals surface area contributed by atoms with Crippen LogP contribution in [0.2, 0.25) is 5.02 Å². The fourth-order valence-electron chi connectivity index (χ4n) is 4.06.